The molecule has 1 fully saturated rings. The summed E-state index contributed by atoms with van der Waals surface area (Å²) in [6, 6.07) is 0. The topological polar surface area (TPSA) is 92.1 Å². The molecule has 0 unspecified atom stereocenters. The Balaban J connectivity index is 2.05. The monoisotopic (exact) mass is 212 g/mol. The molecule has 2 aliphatic heterocycles. The molecule has 7 heteroatoms. The number of nitrogens with one attached hydrogen (secondary N) is 1. The van der Waals surface area contributed by atoms with E-state index in [-0.39, 0.29) is 0 Å². The predicted octanol–water partition coefficient (Wildman–Crippen LogP) is -1.83. The minimum absolute atomic E-state index is 0.503. The number of nitrogens with two attached hydrogens (primary N) is 2. The van der Waals surface area contributed by atoms with E-state index in [0.717, 1.165) is 37.3 Å². The van der Waals surface area contributed by atoms with Gasteiger partial charge in [0.15, 0.2) is 0 Å². The summed E-state index contributed by atoms with van der Waals surface area (Å²) in [5.41, 5.74) is 0. The highest BCUT2D eigenvalue weighted by molar-refractivity contribution is 5.94. The van der Waals surface area contributed by atoms with Crippen LogP contribution in [0.5, 0.6) is 0 Å². The van der Waals surface area contributed by atoms with Gasteiger partial charge < -0.3 is 15.0 Å². The summed E-state index contributed by atoms with van der Waals surface area (Å²) in [6.45, 7) is 3.70. The van der Waals surface area contributed by atoms with Gasteiger partial charge in [0.1, 0.15) is 18.3 Å². The molecule has 0 spiro atoms. The van der Waals surface area contributed by atoms with Crippen molar-refractivity contribution in [2.45, 2.75) is 0 Å². The Labute approximate surface area is 88.3 Å². The molecule has 0 radical (unpaired) electrons. The number of aliphatic imine (C=N–C) groups is 1. The molecule has 1 saturated heterocycles. The molecular formula is C8H16N6O. The molecule has 5 N–H and O–H groups in total. The van der Waals surface area contributed by atoms with E-state index in [1.54, 1.807) is 0 Å². The average molecular weight is 212 g/mol. The van der Waals surface area contributed by atoms with Gasteiger partial charge in [0, 0.05) is 19.2 Å². The van der Waals surface area contributed by atoms with Gasteiger partial charge >= 0.3 is 0 Å². The Bertz CT molecular complexity index is 281. The van der Waals surface area contributed by atoms with Crippen LogP contribution in [0.15, 0.2) is 16.9 Å². The predicted molar refractivity (Wildman–Crippen MR) is 56.1 cm³/mol. The van der Waals surface area contributed by atoms with Crippen LogP contribution in [0.2, 0.25) is 0 Å². The maximum atomic E-state index is 5.44. The zero-order valence-corrected chi connectivity index (χ0v) is 8.52. The largest absolute Gasteiger partial charge is 0.378 e. The van der Waals surface area contributed by atoms with Crippen molar-refractivity contribution in [3.8, 4) is 0 Å². The van der Waals surface area contributed by atoms with Gasteiger partial charge in [-0.3, -0.25) is 0 Å². The van der Waals surface area contributed by atoms with E-state index in [2.05, 4.69) is 15.2 Å². The normalized spacial score (nSPS) is 21.6. The van der Waals surface area contributed by atoms with Crippen molar-refractivity contribution < 1.29 is 4.74 Å². The van der Waals surface area contributed by atoms with Crippen LogP contribution in [-0.4, -0.2) is 48.8 Å². The Morgan fingerprint density at radius 3 is 2.80 bits per heavy atom. The van der Waals surface area contributed by atoms with Crippen molar-refractivity contribution in [1.29, 1.82) is 0 Å². The van der Waals surface area contributed by atoms with E-state index in [0.29, 0.717) is 12.5 Å². The molecule has 0 aromatic carbocycles. The zero-order chi connectivity index (χ0) is 10.7. The third-order valence-electron chi connectivity index (χ3n) is 2.38. The minimum Gasteiger partial charge on any atom is -0.378 e. The fourth-order valence-corrected chi connectivity index (χ4v) is 1.57. The standard InChI is InChI=1S/C8H16N6O/c9-14(10)8-5-7(11-6-12-8)13-1-3-15-4-2-13/h5,12H,1-4,6,9-10H2. The maximum absolute atomic E-state index is 5.44. The lowest BCUT2D eigenvalue weighted by atomic mass is 10.3. The van der Waals surface area contributed by atoms with E-state index < -0.39 is 0 Å². The van der Waals surface area contributed by atoms with Crippen LogP contribution in [0.25, 0.3) is 0 Å². The van der Waals surface area contributed by atoms with E-state index in [4.69, 9.17) is 16.4 Å². The molecule has 0 amide bonds. The third-order valence-corrected chi connectivity index (χ3v) is 2.38. The number of hydrazine groups is 2. The number of hydrogen-bond acceptors (Lipinski definition) is 7. The first-order valence-corrected chi connectivity index (χ1v) is 4.89. The molecule has 0 atom stereocenters. The summed E-state index contributed by atoms with van der Waals surface area (Å²) in [7, 11) is 0. The first kappa shape index (κ1) is 10.2. The molecular weight excluding hydrogens is 196 g/mol. The molecule has 2 heterocycles. The summed E-state index contributed by atoms with van der Waals surface area (Å²) < 4.78 is 5.27. The number of hydrogen-bond donors (Lipinski definition) is 3. The number of morpholine rings is 1. The highest BCUT2D eigenvalue weighted by atomic mass is 16.5. The molecule has 0 aromatic heterocycles. The molecule has 2 rings (SSSR count). The second-order valence-corrected chi connectivity index (χ2v) is 3.39. The molecule has 7 nitrogen and oxygen atoms in total. The van der Waals surface area contributed by atoms with Crippen LogP contribution in [0.1, 0.15) is 0 Å². The quantitative estimate of drug-likeness (QED) is 0.350. The van der Waals surface area contributed by atoms with Crippen LogP contribution >= 0.6 is 0 Å². The molecule has 2 aliphatic rings. The van der Waals surface area contributed by atoms with Crippen molar-refractivity contribution in [1.82, 2.24) is 15.3 Å². The molecule has 0 aliphatic carbocycles. The van der Waals surface area contributed by atoms with Gasteiger partial charge in [-0.2, -0.15) is 0 Å². The molecule has 0 aromatic rings. The van der Waals surface area contributed by atoms with E-state index >= 15 is 0 Å². The summed E-state index contributed by atoms with van der Waals surface area (Å²) in [5.74, 6) is 12.5. The Hall–Kier alpha value is -1.31. The van der Waals surface area contributed by atoms with Gasteiger partial charge in [-0.25, -0.2) is 21.8 Å². The van der Waals surface area contributed by atoms with Gasteiger partial charge in [0.25, 0.3) is 0 Å². The summed E-state index contributed by atoms with van der Waals surface area (Å²) >= 11 is 0. The fraction of sp³-hybridized carbons (Fsp3) is 0.625. The van der Waals surface area contributed by atoms with E-state index in [1.165, 1.54) is 0 Å². The second kappa shape index (κ2) is 4.47. The fourth-order valence-electron chi connectivity index (χ4n) is 1.57. The molecule has 84 valence electrons. The van der Waals surface area contributed by atoms with E-state index in [9.17, 15) is 0 Å². The smallest absolute Gasteiger partial charge is 0.137 e. The van der Waals surface area contributed by atoms with Crippen molar-refractivity contribution in [3.05, 3.63) is 11.9 Å². The van der Waals surface area contributed by atoms with Crippen molar-refractivity contribution >= 4 is 5.84 Å². The summed E-state index contributed by atoms with van der Waals surface area (Å²) in [4.78, 5) is 6.51. The lowest BCUT2D eigenvalue weighted by Gasteiger charge is -2.31. The van der Waals surface area contributed by atoms with Crippen LogP contribution in [-0.2, 0) is 4.74 Å². The Kier molecular flexibility index (Phi) is 3.05. The van der Waals surface area contributed by atoms with E-state index in [1.807, 2.05) is 6.08 Å². The molecule has 15 heavy (non-hydrogen) atoms. The number of amidine groups is 1. The lowest BCUT2D eigenvalue weighted by Crippen LogP contribution is -2.47. The van der Waals surface area contributed by atoms with Crippen LogP contribution in [0, 0.1) is 0 Å². The van der Waals surface area contributed by atoms with Crippen molar-refractivity contribution in [2.75, 3.05) is 33.0 Å². The van der Waals surface area contributed by atoms with Crippen LogP contribution < -0.4 is 17.0 Å². The Morgan fingerprint density at radius 1 is 1.40 bits per heavy atom. The minimum atomic E-state index is 0.503. The van der Waals surface area contributed by atoms with Gasteiger partial charge in [-0.15, -0.1) is 0 Å². The highest BCUT2D eigenvalue weighted by Crippen LogP contribution is 2.05. The summed E-state index contributed by atoms with van der Waals surface area (Å²) in [6.07, 6.45) is 1.84. The van der Waals surface area contributed by atoms with Crippen molar-refractivity contribution in [3.63, 3.8) is 0 Å². The average Bonchev–Trinajstić information content (AvgIpc) is 2.30. The van der Waals surface area contributed by atoms with Crippen LogP contribution in [0.4, 0.5) is 0 Å². The second-order valence-electron chi connectivity index (χ2n) is 3.39. The first-order chi connectivity index (χ1) is 7.27. The number of nitrogens with zero attached hydrogens (tertiary/aromatic N) is 3. The third kappa shape index (κ3) is 2.38. The zero-order valence-electron chi connectivity index (χ0n) is 8.52. The van der Waals surface area contributed by atoms with Gasteiger partial charge in [0.2, 0.25) is 0 Å². The SMILES string of the molecule is NN(N)C1=CC(N2CCOCC2)=NCN1. The number of ether oxygens (including phenoxy) is 1. The highest BCUT2D eigenvalue weighted by Gasteiger charge is 2.17. The van der Waals surface area contributed by atoms with Gasteiger partial charge in [0.05, 0.1) is 13.2 Å². The van der Waals surface area contributed by atoms with Gasteiger partial charge in [-0.05, 0) is 0 Å². The Morgan fingerprint density at radius 2 is 2.13 bits per heavy atom. The maximum Gasteiger partial charge on any atom is 0.137 e. The number of rotatable bonds is 1. The molecule has 0 saturated carbocycles. The van der Waals surface area contributed by atoms with Gasteiger partial charge in [-0.1, -0.05) is 0 Å². The lowest BCUT2D eigenvalue weighted by molar-refractivity contribution is 0.0681. The molecule has 0 bridgehead atoms. The first-order valence-electron chi connectivity index (χ1n) is 4.89. The van der Waals surface area contributed by atoms with Crippen molar-refractivity contribution in [2.24, 2.45) is 16.7 Å². The summed E-state index contributed by atoms with van der Waals surface area (Å²) in [5, 5.41) is 4.04. The van der Waals surface area contributed by atoms with Crippen LogP contribution in [0.3, 0.4) is 0 Å².